The van der Waals surface area contributed by atoms with Gasteiger partial charge in [-0.25, -0.2) is 0 Å². The minimum Gasteiger partial charge on any atom is -0.468 e. The molecule has 0 aliphatic heterocycles. The van der Waals surface area contributed by atoms with Crippen molar-refractivity contribution >= 4 is 5.97 Å². The Morgan fingerprint density at radius 1 is 1.41 bits per heavy atom. The number of carbonyl (C=O) groups excluding carboxylic acids is 1. The van der Waals surface area contributed by atoms with E-state index in [0.717, 1.165) is 32.1 Å². The van der Waals surface area contributed by atoms with E-state index >= 15 is 0 Å². The average Bonchev–Trinajstić information content (AvgIpc) is 2.29. The number of methoxy groups -OCH3 is 1. The summed E-state index contributed by atoms with van der Waals surface area (Å²) in [7, 11) is 1.41. The highest BCUT2D eigenvalue weighted by atomic mass is 16.5. The molecule has 17 heavy (non-hydrogen) atoms. The molecule has 1 aliphatic carbocycles. The maximum absolute atomic E-state index is 11.7. The van der Waals surface area contributed by atoms with E-state index in [0.29, 0.717) is 5.92 Å². The Kier molecular flexibility index (Phi) is 5.92. The van der Waals surface area contributed by atoms with Crippen molar-refractivity contribution in [1.29, 1.82) is 0 Å². The van der Waals surface area contributed by atoms with E-state index in [9.17, 15) is 9.90 Å². The van der Waals surface area contributed by atoms with Gasteiger partial charge >= 0.3 is 5.97 Å². The van der Waals surface area contributed by atoms with Crippen molar-refractivity contribution in [1.82, 2.24) is 5.32 Å². The van der Waals surface area contributed by atoms with E-state index < -0.39 is 0 Å². The molecule has 0 amide bonds. The van der Waals surface area contributed by atoms with Crippen molar-refractivity contribution in [3.8, 4) is 0 Å². The van der Waals surface area contributed by atoms with E-state index in [-0.39, 0.29) is 24.2 Å². The maximum atomic E-state index is 11.7. The molecule has 0 saturated heterocycles. The number of esters is 1. The number of nitrogens with one attached hydrogen (secondary N) is 1. The zero-order valence-electron chi connectivity index (χ0n) is 11.1. The van der Waals surface area contributed by atoms with Crippen LogP contribution in [-0.4, -0.2) is 36.4 Å². The fraction of sp³-hybridized carbons (Fsp3) is 0.923. The van der Waals surface area contributed by atoms with Crippen LogP contribution in [0.3, 0.4) is 0 Å². The van der Waals surface area contributed by atoms with Gasteiger partial charge in [0.1, 0.15) is 6.04 Å². The van der Waals surface area contributed by atoms with Crippen LogP contribution >= 0.6 is 0 Å². The first-order chi connectivity index (χ1) is 8.04. The predicted molar refractivity (Wildman–Crippen MR) is 66.7 cm³/mol. The molecule has 0 aromatic carbocycles. The molecule has 1 unspecified atom stereocenters. The standard InChI is InChI=1S/C13H25NO3/c1-9(2)8-11(13(16)17-3)14-10-6-4-5-7-12(10)15/h9-12,14-15H,4-8H2,1-3H3/t10-,11?,12-/m1/s1. The number of hydrogen-bond acceptors (Lipinski definition) is 4. The molecular formula is C13H25NO3. The van der Waals surface area contributed by atoms with Gasteiger partial charge in [0.05, 0.1) is 13.2 Å². The third-order valence-corrected chi connectivity index (χ3v) is 3.34. The second kappa shape index (κ2) is 6.97. The van der Waals surface area contributed by atoms with Crippen LogP contribution in [0.1, 0.15) is 46.0 Å². The van der Waals surface area contributed by atoms with E-state index in [4.69, 9.17) is 4.74 Å². The molecule has 1 aliphatic rings. The molecular weight excluding hydrogens is 218 g/mol. The van der Waals surface area contributed by atoms with Gasteiger partial charge < -0.3 is 9.84 Å². The molecule has 4 heteroatoms. The quantitative estimate of drug-likeness (QED) is 0.718. The zero-order chi connectivity index (χ0) is 12.8. The second-order valence-corrected chi connectivity index (χ2v) is 5.33. The van der Waals surface area contributed by atoms with Crippen LogP contribution < -0.4 is 5.32 Å². The van der Waals surface area contributed by atoms with Gasteiger partial charge in [-0.1, -0.05) is 26.7 Å². The van der Waals surface area contributed by atoms with E-state index in [1.165, 1.54) is 7.11 Å². The topological polar surface area (TPSA) is 58.6 Å². The zero-order valence-corrected chi connectivity index (χ0v) is 11.1. The average molecular weight is 243 g/mol. The Balaban J connectivity index is 2.54. The van der Waals surface area contributed by atoms with Gasteiger partial charge in [0.25, 0.3) is 0 Å². The maximum Gasteiger partial charge on any atom is 0.322 e. The van der Waals surface area contributed by atoms with Gasteiger partial charge in [0, 0.05) is 6.04 Å². The highest BCUT2D eigenvalue weighted by molar-refractivity contribution is 5.75. The Morgan fingerprint density at radius 2 is 2.06 bits per heavy atom. The molecule has 2 N–H and O–H groups in total. The summed E-state index contributed by atoms with van der Waals surface area (Å²) >= 11 is 0. The van der Waals surface area contributed by atoms with Gasteiger partial charge in [-0.3, -0.25) is 10.1 Å². The molecule has 0 aromatic heterocycles. The lowest BCUT2D eigenvalue weighted by Crippen LogP contribution is -2.50. The van der Waals surface area contributed by atoms with Crippen molar-refractivity contribution in [3.05, 3.63) is 0 Å². The summed E-state index contributed by atoms with van der Waals surface area (Å²) in [5, 5.41) is 13.2. The van der Waals surface area contributed by atoms with Crippen LogP contribution in [0.5, 0.6) is 0 Å². The second-order valence-electron chi connectivity index (χ2n) is 5.33. The Labute approximate surface area is 104 Å². The van der Waals surface area contributed by atoms with Crippen LogP contribution in [-0.2, 0) is 9.53 Å². The summed E-state index contributed by atoms with van der Waals surface area (Å²) in [6.07, 6.45) is 4.37. The Hall–Kier alpha value is -0.610. The molecule has 3 atom stereocenters. The largest absolute Gasteiger partial charge is 0.468 e. The summed E-state index contributed by atoms with van der Waals surface area (Å²) in [4.78, 5) is 11.7. The van der Waals surface area contributed by atoms with E-state index in [2.05, 4.69) is 19.2 Å². The first-order valence-electron chi connectivity index (χ1n) is 6.56. The molecule has 4 nitrogen and oxygen atoms in total. The van der Waals surface area contributed by atoms with Gasteiger partial charge in [-0.2, -0.15) is 0 Å². The summed E-state index contributed by atoms with van der Waals surface area (Å²) in [5.74, 6) is 0.198. The first kappa shape index (κ1) is 14.5. The minimum absolute atomic E-state index is 0.0339. The summed E-state index contributed by atoms with van der Waals surface area (Å²) < 4.78 is 4.81. The van der Waals surface area contributed by atoms with E-state index in [1.807, 2.05) is 0 Å². The molecule has 0 aromatic rings. The first-order valence-corrected chi connectivity index (χ1v) is 6.56. The third-order valence-electron chi connectivity index (χ3n) is 3.34. The molecule has 0 spiro atoms. The van der Waals surface area contributed by atoms with Crippen molar-refractivity contribution < 1.29 is 14.6 Å². The number of ether oxygens (including phenoxy) is 1. The number of rotatable bonds is 5. The lowest BCUT2D eigenvalue weighted by Gasteiger charge is -2.31. The highest BCUT2D eigenvalue weighted by Gasteiger charge is 2.29. The van der Waals surface area contributed by atoms with Gasteiger partial charge in [0.15, 0.2) is 0 Å². The van der Waals surface area contributed by atoms with Crippen LogP contribution in [0.25, 0.3) is 0 Å². The molecule has 1 fully saturated rings. The number of carbonyl (C=O) groups is 1. The molecule has 0 bridgehead atoms. The van der Waals surface area contributed by atoms with Crippen molar-refractivity contribution in [2.24, 2.45) is 5.92 Å². The normalized spacial score (nSPS) is 26.9. The van der Waals surface area contributed by atoms with Crippen LogP contribution in [0, 0.1) is 5.92 Å². The monoisotopic (exact) mass is 243 g/mol. The SMILES string of the molecule is COC(=O)C(CC(C)C)N[C@@H]1CCCC[C@H]1O. The number of hydrogen-bond donors (Lipinski definition) is 2. The Bertz CT molecular complexity index is 243. The van der Waals surface area contributed by atoms with Crippen LogP contribution in [0.4, 0.5) is 0 Å². The van der Waals surface area contributed by atoms with Gasteiger partial charge in [0.2, 0.25) is 0 Å². The molecule has 0 radical (unpaired) electrons. The lowest BCUT2D eigenvalue weighted by atomic mass is 9.91. The fourth-order valence-electron chi connectivity index (χ4n) is 2.41. The van der Waals surface area contributed by atoms with E-state index in [1.54, 1.807) is 0 Å². The highest BCUT2D eigenvalue weighted by Crippen LogP contribution is 2.20. The molecule has 1 saturated carbocycles. The summed E-state index contributed by atoms with van der Waals surface area (Å²) in [6.45, 7) is 4.16. The van der Waals surface area contributed by atoms with Crippen LogP contribution in [0.2, 0.25) is 0 Å². The molecule has 1 rings (SSSR count). The van der Waals surface area contributed by atoms with Crippen molar-refractivity contribution in [2.75, 3.05) is 7.11 Å². The van der Waals surface area contributed by atoms with Gasteiger partial charge in [-0.15, -0.1) is 0 Å². The minimum atomic E-state index is -0.330. The summed E-state index contributed by atoms with van der Waals surface area (Å²) in [6, 6.07) is -0.260. The smallest absolute Gasteiger partial charge is 0.322 e. The predicted octanol–water partition coefficient (Wildman–Crippen LogP) is 1.47. The lowest BCUT2D eigenvalue weighted by molar-refractivity contribution is -0.144. The number of aliphatic hydroxyl groups is 1. The van der Waals surface area contributed by atoms with Crippen molar-refractivity contribution in [2.45, 2.75) is 64.1 Å². The fourth-order valence-corrected chi connectivity index (χ4v) is 2.41. The van der Waals surface area contributed by atoms with Gasteiger partial charge in [-0.05, 0) is 25.2 Å². The molecule has 0 heterocycles. The Morgan fingerprint density at radius 3 is 2.59 bits per heavy atom. The summed E-state index contributed by atoms with van der Waals surface area (Å²) in [5.41, 5.74) is 0. The van der Waals surface area contributed by atoms with Crippen molar-refractivity contribution in [3.63, 3.8) is 0 Å². The third kappa shape index (κ3) is 4.64. The number of aliphatic hydroxyl groups excluding tert-OH is 1. The van der Waals surface area contributed by atoms with Crippen LogP contribution in [0.15, 0.2) is 0 Å². The molecule has 100 valence electrons.